The van der Waals surface area contributed by atoms with Gasteiger partial charge in [0, 0.05) is 0 Å². The standard InChI is InChI=1S/C26H24O5/c1-5-16-8-13-20-19(15-16)22(27)24(23(30-20)21-7-6-14-29-21)31-25(28)17-9-11-18(12-10-17)26(2,3)4/h6-15H,5H2,1-4H3. The zero-order valence-corrected chi connectivity index (χ0v) is 18.0. The van der Waals surface area contributed by atoms with Crippen LogP contribution in [-0.2, 0) is 11.8 Å². The monoisotopic (exact) mass is 416 g/mol. The van der Waals surface area contributed by atoms with Crippen LogP contribution in [0.5, 0.6) is 5.75 Å². The lowest BCUT2D eigenvalue weighted by atomic mass is 9.87. The smallest absolute Gasteiger partial charge is 0.343 e. The van der Waals surface area contributed by atoms with Crippen LogP contribution in [0.1, 0.15) is 49.2 Å². The number of hydrogen-bond donors (Lipinski definition) is 0. The third-order valence-electron chi connectivity index (χ3n) is 5.25. The molecule has 0 unspecified atom stereocenters. The number of benzene rings is 2. The summed E-state index contributed by atoms with van der Waals surface area (Å²) in [6, 6.07) is 15.9. The van der Waals surface area contributed by atoms with Crippen molar-refractivity contribution in [2.24, 2.45) is 0 Å². The largest absolute Gasteiger partial charge is 0.461 e. The van der Waals surface area contributed by atoms with E-state index in [-0.39, 0.29) is 16.9 Å². The first kappa shape index (κ1) is 20.7. The average molecular weight is 416 g/mol. The predicted molar refractivity (Wildman–Crippen MR) is 120 cm³/mol. The van der Waals surface area contributed by atoms with Gasteiger partial charge < -0.3 is 13.6 Å². The molecule has 0 amide bonds. The van der Waals surface area contributed by atoms with Crippen molar-refractivity contribution in [2.45, 2.75) is 39.5 Å². The molecule has 0 N–H and O–H groups in total. The Morgan fingerprint density at radius 1 is 1.03 bits per heavy atom. The number of ether oxygens (including phenoxy) is 1. The molecule has 0 aliphatic carbocycles. The van der Waals surface area contributed by atoms with Crippen LogP contribution in [0.4, 0.5) is 0 Å². The van der Waals surface area contributed by atoms with Crippen molar-refractivity contribution in [3.8, 4) is 17.3 Å². The van der Waals surface area contributed by atoms with Gasteiger partial charge >= 0.3 is 5.97 Å². The van der Waals surface area contributed by atoms with E-state index in [0.29, 0.717) is 22.3 Å². The molecule has 0 aliphatic rings. The molecule has 158 valence electrons. The second kappa shape index (κ2) is 7.91. The summed E-state index contributed by atoms with van der Waals surface area (Å²) in [4.78, 5) is 26.2. The molecule has 4 aromatic rings. The maximum atomic E-state index is 13.3. The summed E-state index contributed by atoms with van der Waals surface area (Å²) in [6.07, 6.45) is 2.24. The fourth-order valence-corrected chi connectivity index (χ4v) is 3.37. The Hall–Kier alpha value is -3.60. The molecule has 0 spiro atoms. The van der Waals surface area contributed by atoms with E-state index in [4.69, 9.17) is 13.6 Å². The van der Waals surface area contributed by atoms with Crippen molar-refractivity contribution >= 4 is 16.9 Å². The number of fused-ring (bicyclic) bond motifs is 1. The molecule has 0 fully saturated rings. The molecule has 2 aromatic heterocycles. The fraction of sp³-hybridized carbons (Fsp3) is 0.231. The molecular weight excluding hydrogens is 392 g/mol. The van der Waals surface area contributed by atoms with Gasteiger partial charge in [0.05, 0.1) is 17.2 Å². The van der Waals surface area contributed by atoms with Gasteiger partial charge in [0.2, 0.25) is 16.9 Å². The summed E-state index contributed by atoms with van der Waals surface area (Å²) < 4.78 is 17.0. The van der Waals surface area contributed by atoms with E-state index < -0.39 is 11.4 Å². The van der Waals surface area contributed by atoms with Crippen LogP contribution >= 0.6 is 0 Å². The van der Waals surface area contributed by atoms with Gasteiger partial charge in [-0.25, -0.2) is 4.79 Å². The predicted octanol–water partition coefficient (Wildman–Crippen LogP) is 6.13. The molecule has 0 atom stereocenters. The van der Waals surface area contributed by atoms with E-state index in [1.165, 1.54) is 6.26 Å². The minimum atomic E-state index is -0.633. The van der Waals surface area contributed by atoms with E-state index in [2.05, 4.69) is 20.8 Å². The summed E-state index contributed by atoms with van der Waals surface area (Å²) >= 11 is 0. The van der Waals surface area contributed by atoms with Crippen molar-refractivity contribution in [1.29, 1.82) is 0 Å². The van der Waals surface area contributed by atoms with Gasteiger partial charge in [-0.2, -0.15) is 0 Å². The third kappa shape index (κ3) is 4.04. The highest BCUT2D eigenvalue weighted by molar-refractivity contribution is 5.92. The van der Waals surface area contributed by atoms with Crippen LogP contribution in [0.15, 0.2) is 74.5 Å². The van der Waals surface area contributed by atoms with Crippen molar-refractivity contribution in [3.63, 3.8) is 0 Å². The van der Waals surface area contributed by atoms with Gasteiger partial charge in [0.15, 0.2) is 5.76 Å². The zero-order chi connectivity index (χ0) is 22.2. The highest BCUT2D eigenvalue weighted by Gasteiger charge is 2.23. The Kier molecular flexibility index (Phi) is 5.27. The Morgan fingerprint density at radius 3 is 2.39 bits per heavy atom. The van der Waals surface area contributed by atoms with E-state index in [1.807, 2.05) is 25.1 Å². The molecular formula is C26H24O5. The third-order valence-corrected chi connectivity index (χ3v) is 5.25. The number of carbonyl (C=O) groups is 1. The molecule has 4 rings (SSSR count). The minimum Gasteiger partial charge on any atom is -0.461 e. The van der Waals surface area contributed by atoms with E-state index in [9.17, 15) is 9.59 Å². The van der Waals surface area contributed by atoms with Crippen LogP contribution < -0.4 is 10.2 Å². The van der Waals surface area contributed by atoms with Gasteiger partial charge in [0.1, 0.15) is 5.58 Å². The van der Waals surface area contributed by atoms with Gasteiger partial charge in [-0.3, -0.25) is 4.79 Å². The number of aryl methyl sites for hydroxylation is 1. The molecule has 0 saturated heterocycles. The lowest BCUT2D eigenvalue weighted by molar-refractivity contribution is 0.0731. The topological polar surface area (TPSA) is 69.7 Å². The normalized spacial score (nSPS) is 11.6. The van der Waals surface area contributed by atoms with E-state index in [1.54, 1.807) is 36.4 Å². The minimum absolute atomic E-state index is 0.0364. The van der Waals surface area contributed by atoms with Crippen LogP contribution in [0.25, 0.3) is 22.5 Å². The lowest BCUT2D eigenvalue weighted by Crippen LogP contribution is -2.17. The number of hydrogen-bond acceptors (Lipinski definition) is 5. The highest BCUT2D eigenvalue weighted by atomic mass is 16.5. The molecule has 0 bridgehead atoms. The zero-order valence-electron chi connectivity index (χ0n) is 18.0. The van der Waals surface area contributed by atoms with Crippen molar-refractivity contribution in [1.82, 2.24) is 0 Å². The van der Waals surface area contributed by atoms with Gasteiger partial charge in [-0.15, -0.1) is 0 Å². The quantitative estimate of drug-likeness (QED) is 0.374. The summed E-state index contributed by atoms with van der Waals surface area (Å²) in [5, 5.41) is 0.362. The van der Waals surface area contributed by atoms with Gasteiger partial charge in [-0.05, 0) is 59.4 Å². The van der Waals surface area contributed by atoms with Crippen molar-refractivity contribution in [2.75, 3.05) is 0 Å². The second-order valence-electron chi connectivity index (χ2n) is 8.47. The second-order valence-corrected chi connectivity index (χ2v) is 8.47. The van der Waals surface area contributed by atoms with Crippen LogP contribution in [0.2, 0.25) is 0 Å². The molecule has 31 heavy (non-hydrogen) atoms. The number of rotatable bonds is 4. The summed E-state index contributed by atoms with van der Waals surface area (Å²) in [7, 11) is 0. The van der Waals surface area contributed by atoms with Crippen molar-refractivity contribution in [3.05, 3.63) is 87.8 Å². The van der Waals surface area contributed by atoms with Gasteiger partial charge in [-0.1, -0.05) is 45.9 Å². The molecule has 0 radical (unpaired) electrons. The molecule has 5 heteroatoms. The fourth-order valence-electron chi connectivity index (χ4n) is 3.37. The van der Waals surface area contributed by atoms with Crippen LogP contribution in [0.3, 0.4) is 0 Å². The van der Waals surface area contributed by atoms with Gasteiger partial charge in [0.25, 0.3) is 0 Å². The van der Waals surface area contributed by atoms with E-state index in [0.717, 1.165) is 17.5 Å². The Bertz CT molecular complexity index is 1290. The van der Waals surface area contributed by atoms with E-state index >= 15 is 0 Å². The Labute approximate surface area is 180 Å². The first-order valence-electron chi connectivity index (χ1n) is 10.2. The van der Waals surface area contributed by atoms with Crippen molar-refractivity contribution < 1.29 is 18.4 Å². The maximum Gasteiger partial charge on any atom is 0.343 e. The molecule has 2 heterocycles. The molecule has 0 aliphatic heterocycles. The Morgan fingerprint density at radius 2 is 1.77 bits per heavy atom. The molecule has 2 aromatic carbocycles. The number of furan rings is 1. The number of esters is 1. The molecule has 0 saturated carbocycles. The first-order valence-corrected chi connectivity index (χ1v) is 10.2. The molecule has 5 nitrogen and oxygen atoms in total. The van der Waals surface area contributed by atoms with Crippen LogP contribution in [-0.4, -0.2) is 5.97 Å². The van der Waals surface area contributed by atoms with Crippen LogP contribution in [0, 0.1) is 0 Å². The SMILES string of the molecule is CCc1ccc2oc(-c3ccco3)c(OC(=O)c3ccc(C(C)(C)C)cc3)c(=O)c2c1. The average Bonchev–Trinajstić information content (AvgIpc) is 3.29. The summed E-state index contributed by atoms with van der Waals surface area (Å²) in [6.45, 7) is 8.30. The summed E-state index contributed by atoms with van der Waals surface area (Å²) in [5.74, 6) is -0.414. The lowest BCUT2D eigenvalue weighted by Gasteiger charge is -2.19. The Balaban J connectivity index is 1.80. The number of carbonyl (C=O) groups excluding carboxylic acids is 1. The first-order chi connectivity index (χ1) is 14.8. The highest BCUT2D eigenvalue weighted by Crippen LogP contribution is 2.32. The summed E-state index contributed by atoms with van der Waals surface area (Å²) in [5.41, 5.74) is 2.38. The maximum absolute atomic E-state index is 13.3.